The summed E-state index contributed by atoms with van der Waals surface area (Å²) in [7, 11) is 1.65. The van der Waals surface area contributed by atoms with Crippen LogP contribution in [0.2, 0.25) is 0 Å². The van der Waals surface area contributed by atoms with Crippen LogP contribution in [0, 0.1) is 0 Å². The number of cyclic esters (lactones) is 1. The van der Waals surface area contributed by atoms with Gasteiger partial charge >= 0.3 is 5.97 Å². The highest BCUT2D eigenvalue weighted by Crippen LogP contribution is 2.33. The second-order valence-corrected chi connectivity index (χ2v) is 7.30. The maximum absolute atomic E-state index is 11.9. The first-order valence-electron chi connectivity index (χ1n) is 8.57. The number of unbranched alkanes of at least 4 members (excludes halogenated alkanes) is 1. The number of carbonyl (C=O) groups is 1. The van der Waals surface area contributed by atoms with Crippen molar-refractivity contribution in [1.29, 1.82) is 0 Å². The summed E-state index contributed by atoms with van der Waals surface area (Å²) in [6.45, 7) is 4.90. The molecule has 134 valence electrons. The molecule has 1 aromatic heterocycles. The van der Waals surface area contributed by atoms with Crippen molar-refractivity contribution in [3.8, 4) is 17.1 Å². The highest BCUT2D eigenvalue weighted by Gasteiger charge is 2.34. The Morgan fingerprint density at radius 2 is 2.08 bits per heavy atom. The smallest absolute Gasteiger partial charge is 0.319 e. The van der Waals surface area contributed by atoms with E-state index in [0.29, 0.717) is 6.42 Å². The Bertz CT molecular complexity index is 730. The number of hydrogen-bond acceptors (Lipinski definition) is 6. The maximum Gasteiger partial charge on any atom is 0.319 e. The average Bonchev–Trinajstić information content (AvgIpc) is 3.16. The van der Waals surface area contributed by atoms with Crippen molar-refractivity contribution < 1.29 is 14.3 Å². The minimum atomic E-state index is -0.205. The number of nitrogens with zero attached hydrogens (tertiary/aromatic N) is 3. The van der Waals surface area contributed by atoms with Gasteiger partial charge in [0.1, 0.15) is 17.1 Å². The predicted octanol–water partition coefficient (Wildman–Crippen LogP) is 3.55. The first-order valence-corrected chi connectivity index (χ1v) is 9.45. The first-order chi connectivity index (χ1) is 12.1. The maximum atomic E-state index is 11.9. The van der Waals surface area contributed by atoms with Crippen molar-refractivity contribution in [1.82, 2.24) is 14.8 Å². The van der Waals surface area contributed by atoms with Gasteiger partial charge in [-0.05, 0) is 37.6 Å². The summed E-state index contributed by atoms with van der Waals surface area (Å²) in [5.74, 6) is 1.47. The molecule has 2 aromatic rings. The van der Waals surface area contributed by atoms with Gasteiger partial charge in [0.25, 0.3) is 0 Å². The predicted molar refractivity (Wildman–Crippen MR) is 96.7 cm³/mol. The molecule has 2 heterocycles. The minimum Gasteiger partial charge on any atom is -0.497 e. The van der Waals surface area contributed by atoms with Crippen LogP contribution in [0.15, 0.2) is 29.4 Å². The van der Waals surface area contributed by atoms with Crippen LogP contribution < -0.4 is 4.74 Å². The lowest BCUT2D eigenvalue weighted by Crippen LogP contribution is -2.12. The third kappa shape index (κ3) is 3.98. The summed E-state index contributed by atoms with van der Waals surface area (Å²) in [4.78, 5) is 11.9. The Morgan fingerprint density at radius 1 is 1.32 bits per heavy atom. The van der Waals surface area contributed by atoms with Crippen molar-refractivity contribution in [3.05, 3.63) is 24.3 Å². The molecule has 0 spiro atoms. The summed E-state index contributed by atoms with van der Waals surface area (Å²) in [5, 5.41) is 9.30. The van der Waals surface area contributed by atoms with Crippen LogP contribution in [0.3, 0.4) is 0 Å². The average molecular weight is 361 g/mol. The van der Waals surface area contributed by atoms with Crippen LogP contribution in [0.25, 0.3) is 11.4 Å². The Balaban J connectivity index is 1.87. The van der Waals surface area contributed by atoms with E-state index in [1.54, 1.807) is 7.11 Å². The summed E-state index contributed by atoms with van der Waals surface area (Å²) >= 11 is 1.45. The zero-order valence-electron chi connectivity index (χ0n) is 14.8. The number of aromatic nitrogens is 3. The largest absolute Gasteiger partial charge is 0.497 e. The topological polar surface area (TPSA) is 66.2 Å². The van der Waals surface area contributed by atoms with E-state index in [-0.39, 0.29) is 17.3 Å². The Kier molecular flexibility index (Phi) is 5.63. The molecule has 0 N–H and O–H groups in total. The molecule has 0 saturated carbocycles. The standard InChI is InChI=1S/C18H23N3O3S/c1-4-5-10-21-16(13-6-8-14(23-3)9-7-13)19-20-18(21)25-15-11-12(2)24-17(15)22/h6-9,12,15H,4-5,10-11H2,1-3H3. The van der Waals surface area contributed by atoms with Crippen LogP contribution >= 0.6 is 11.8 Å². The van der Waals surface area contributed by atoms with E-state index >= 15 is 0 Å². The molecule has 7 heteroatoms. The molecule has 2 unspecified atom stereocenters. The van der Waals surface area contributed by atoms with E-state index < -0.39 is 0 Å². The number of carbonyl (C=O) groups excluding carboxylic acids is 1. The molecule has 6 nitrogen and oxygen atoms in total. The highest BCUT2D eigenvalue weighted by atomic mass is 32.2. The summed E-state index contributed by atoms with van der Waals surface area (Å²) in [5.41, 5.74) is 0.985. The first kappa shape index (κ1) is 17.8. The quantitative estimate of drug-likeness (QED) is 0.703. The summed E-state index contributed by atoms with van der Waals surface area (Å²) in [6.07, 6.45) is 2.79. The lowest BCUT2D eigenvalue weighted by atomic mass is 10.2. The zero-order chi connectivity index (χ0) is 17.8. The van der Waals surface area contributed by atoms with Crippen LogP contribution in [0.4, 0.5) is 0 Å². The van der Waals surface area contributed by atoms with Crippen molar-refractivity contribution in [2.45, 2.75) is 56.2 Å². The van der Waals surface area contributed by atoms with Gasteiger partial charge in [-0.3, -0.25) is 4.79 Å². The number of rotatable bonds is 7. The van der Waals surface area contributed by atoms with Crippen molar-refractivity contribution in [2.24, 2.45) is 0 Å². The molecule has 1 aliphatic rings. The van der Waals surface area contributed by atoms with Crippen LogP contribution in [0.1, 0.15) is 33.1 Å². The van der Waals surface area contributed by atoms with Crippen LogP contribution in [-0.2, 0) is 16.1 Å². The molecule has 0 amide bonds. The lowest BCUT2D eigenvalue weighted by Gasteiger charge is -2.11. The van der Waals surface area contributed by atoms with Gasteiger partial charge in [-0.25, -0.2) is 0 Å². The van der Waals surface area contributed by atoms with E-state index in [4.69, 9.17) is 9.47 Å². The minimum absolute atomic E-state index is 0.0296. The van der Waals surface area contributed by atoms with Gasteiger partial charge in [-0.2, -0.15) is 0 Å². The van der Waals surface area contributed by atoms with E-state index in [2.05, 4.69) is 21.7 Å². The lowest BCUT2D eigenvalue weighted by molar-refractivity contribution is -0.140. The molecule has 0 radical (unpaired) electrons. The van der Waals surface area contributed by atoms with E-state index in [0.717, 1.165) is 41.7 Å². The third-order valence-electron chi connectivity index (χ3n) is 4.17. The van der Waals surface area contributed by atoms with Gasteiger partial charge in [0.05, 0.1) is 7.11 Å². The van der Waals surface area contributed by atoms with Gasteiger partial charge in [0, 0.05) is 18.5 Å². The van der Waals surface area contributed by atoms with Crippen LogP contribution in [0.5, 0.6) is 5.75 Å². The van der Waals surface area contributed by atoms with E-state index in [1.807, 2.05) is 31.2 Å². The second kappa shape index (κ2) is 7.91. The second-order valence-electron chi connectivity index (χ2n) is 6.13. The number of hydrogen-bond donors (Lipinski definition) is 0. The van der Waals surface area contributed by atoms with Gasteiger partial charge in [0.2, 0.25) is 0 Å². The molecule has 1 fully saturated rings. The van der Waals surface area contributed by atoms with Crippen molar-refractivity contribution >= 4 is 17.7 Å². The Hall–Kier alpha value is -2.02. The Morgan fingerprint density at radius 3 is 2.68 bits per heavy atom. The molecule has 25 heavy (non-hydrogen) atoms. The molecular weight excluding hydrogens is 338 g/mol. The van der Waals surface area contributed by atoms with Gasteiger partial charge in [-0.15, -0.1) is 10.2 Å². The molecule has 2 atom stereocenters. The Labute approximate surface area is 151 Å². The van der Waals surface area contributed by atoms with Crippen molar-refractivity contribution in [2.75, 3.05) is 7.11 Å². The fourth-order valence-electron chi connectivity index (χ4n) is 2.79. The van der Waals surface area contributed by atoms with E-state index in [9.17, 15) is 4.79 Å². The fourth-order valence-corrected chi connectivity index (χ4v) is 3.96. The summed E-state index contributed by atoms with van der Waals surface area (Å²) < 4.78 is 12.6. The molecule has 1 saturated heterocycles. The number of ether oxygens (including phenoxy) is 2. The number of methoxy groups -OCH3 is 1. The van der Waals surface area contributed by atoms with E-state index in [1.165, 1.54) is 11.8 Å². The van der Waals surface area contributed by atoms with Gasteiger partial charge in [0.15, 0.2) is 11.0 Å². The molecule has 0 bridgehead atoms. The molecule has 1 aromatic carbocycles. The highest BCUT2D eigenvalue weighted by molar-refractivity contribution is 8.00. The monoisotopic (exact) mass is 361 g/mol. The molecule has 0 aliphatic carbocycles. The number of esters is 1. The van der Waals surface area contributed by atoms with Gasteiger partial charge in [-0.1, -0.05) is 25.1 Å². The van der Waals surface area contributed by atoms with Gasteiger partial charge < -0.3 is 14.0 Å². The van der Waals surface area contributed by atoms with Crippen molar-refractivity contribution in [3.63, 3.8) is 0 Å². The normalized spacial score (nSPS) is 19.9. The molecule has 1 aliphatic heterocycles. The summed E-state index contributed by atoms with van der Waals surface area (Å²) in [6, 6.07) is 7.78. The number of thioether (sulfide) groups is 1. The number of benzene rings is 1. The molecule has 3 rings (SSSR count). The van der Waals surface area contributed by atoms with Crippen LogP contribution in [-0.4, -0.2) is 39.2 Å². The molecular formula is C18H23N3O3S. The SMILES string of the molecule is CCCCn1c(SC2CC(C)OC2=O)nnc1-c1ccc(OC)cc1. The zero-order valence-corrected chi connectivity index (χ0v) is 15.6. The third-order valence-corrected chi connectivity index (χ3v) is 5.36. The fraction of sp³-hybridized carbons (Fsp3) is 0.500.